The van der Waals surface area contributed by atoms with E-state index in [1.807, 2.05) is 0 Å². The fraction of sp³-hybridized carbons (Fsp3) is 0.750. The summed E-state index contributed by atoms with van der Waals surface area (Å²) in [4.78, 5) is 14.5. The SMILES string of the molecule is [N-]=[N+]=C1CCC12CCCC2=O. The molecule has 2 aliphatic carbocycles. The van der Waals surface area contributed by atoms with Gasteiger partial charge in [0.1, 0.15) is 11.2 Å². The Hall–Kier alpha value is -0.950. The molecule has 0 N–H and O–H groups in total. The molecule has 0 amide bonds. The number of hydrogen-bond donors (Lipinski definition) is 0. The van der Waals surface area contributed by atoms with Gasteiger partial charge in [-0.3, -0.25) is 4.79 Å². The smallest absolute Gasteiger partial charge is 0.282 e. The molecule has 11 heavy (non-hydrogen) atoms. The molecule has 0 aromatic carbocycles. The molecule has 0 aromatic rings. The second kappa shape index (κ2) is 2.02. The van der Waals surface area contributed by atoms with Crippen molar-refractivity contribution in [2.45, 2.75) is 32.1 Å². The van der Waals surface area contributed by atoms with Crippen LogP contribution in [-0.4, -0.2) is 16.3 Å². The lowest BCUT2D eigenvalue weighted by atomic mass is 9.65. The van der Waals surface area contributed by atoms with Gasteiger partial charge in [0.2, 0.25) is 0 Å². The van der Waals surface area contributed by atoms with Crippen molar-refractivity contribution in [3.63, 3.8) is 0 Å². The van der Waals surface area contributed by atoms with Crippen molar-refractivity contribution < 1.29 is 9.58 Å². The van der Waals surface area contributed by atoms with Crippen LogP contribution in [0, 0.1) is 5.41 Å². The third kappa shape index (κ3) is 0.663. The number of rotatable bonds is 0. The molecule has 1 atom stereocenters. The maximum absolute atomic E-state index is 11.4. The number of Topliss-reactive ketones (excluding diaryl/α,β-unsaturated/α-hetero) is 1. The maximum atomic E-state index is 11.4. The Bertz CT molecular complexity index is 265. The van der Waals surface area contributed by atoms with Crippen molar-refractivity contribution in [3.05, 3.63) is 5.53 Å². The molecule has 1 unspecified atom stereocenters. The van der Waals surface area contributed by atoms with E-state index < -0.39 is 0 Å². The van der Waals surface area contributed by atoms with E-state index >= 15 is 0 Å². The Morgan fingerprint density at radius 2 is 2.18 bits per heavy atom. The largest absolute Gasteiger partial charge is 0.362 e. The number of ketones is 1. The van der Waals surface area contributed by atoms with Gasteiger partial charge in [0.25, 0.3) is 5.71 Å². The van der Waals surface area contributed by atoms with Gasteiger partial charge < -0.3 is 5.53 Å². The summed E-state index contributed by atoms with van der Waals surface area (Å²) in [7, 11) is 0. The highest BCUT2D eigenvalue weighted by Crippen LogP contribution is 2.47. The van der Waals surface area contributed by atoms with Crippen LogP contribution in [0.5, 0.6) is 0 Å². The maximum Gasteiger partial charge on any atom is 0.282 e. The van der Waals surface area contributed by atoms with E-state index in [1.54, 1.807) is 0 Å². The van der Waals surface area contributed by atoms with Gasteiger partial charge in [0.05, 0.1) is 0 Å². The first-order valence-electron chi connectivity index (χ1n) is 4.04. The molecule has 0 bridgehead atoms. The van der Waals surface area contributed by atoms with E-state index in [9.17, 15) is 4.79 Å². The van der Waals surface area contributed by atoms with Gasteiger partial charge in [-0.1, -0.05) is 0 Å². The second-order valence-electron chi connectivity index (χ2n) is 3.41. The first-order valence-corrected chi connectivity index (χ1v) is 4.04. The fourth-order valence-corrected chi connectivity index (χ4v) is 2.18. The summed E-state index contributed by atoms with van der Waals surface area (Å²) in [6.45, 7) is 0. The molecule has 0 heterocycles. The molecule has 1 spiro atoms. The van der Waals surface area contributed by atoms with Crippen LogP contribution < -0.4 is 0 Å². The van der Waals surface area contributed by atoms with E-state index in [0.717, 1.165) is 31.4 Å². The third-order valence-corrected chi connectivity index (χ3v) is 3.00. The predicted octanol–water partition coefficient (Wildman–Crippen LogP) is 1.19. The van der Waals surface area contributed by atoms with Gasteiger partial charge >= 0.3 is 0 Å². The summed E-state index contributed by atoms with van der Waals surface area (Å²) in [6, 6.07) is 0. The molecule has 0 radical (unpaired) electrons. The monoisotopic (exact) mass is 150 g/mol. The predicted molar refractivity (Wildman–Crippen MR) is 39.2 cm³/mol. The molecule has 0 saturated heterocycles. The van der Waals surface area contributed by atoms with Gasteiger partial charge in [-0.05, 0) is 19.3 Å². The first-order chi connectivity index (χ1) is 5.29. The Balaban J connectivity index is 2.36. The van der Waals surface area contributed by atoms with E-state index in [2.05, 4.69) is 4.79 Å². The lowest BCUT2D eigenvalue weighted by Crippen LogP contribution is -2.44. The normalized spacial score (nSPS) is 35.6. The summed E-state index contributed by atoms with van der Waals surface area (Å²) in [5, 5.41) is 0. The Kier molecular flexibility index (Phi) is 1.24. The highest BCUT2D eigenvalue weighted by molar-refractivity contribution is 6.12. The minimum absolute atomic E-state index is 0.288. The van der Waals surface area contributed by atoms with Crippen LogP contribution in [0.1, 0.15) is 32.1 Å². The van der Waals surface area contributed by atoms with Crippen LogP contribution in [0.3, 0.4) is 0 Å². The number of hydrogen-bond acceptors (Lipinski definition) is 1. The zero-order valence-corrected chi connectivity index (χ0v) is 6.34. The summed E-state index contributed by atoms with van der Waals surface area (Å²) in [6.07, 6.45) is 4.27. The van der Waals surface area contributed by atoms with Gasteiger partial charge in [0, 0.05) is 12.8 Å². The molecule has 0 aliphatic heterocycles. The quantitative estimate of drug-likeness (QED) is 0.378. The zero-order valence-electron chi connectivity index (χ0n) is 6.34. The highest BCUT2D eigenvalue weighted by Gasteiger charge is 2.57. The van der Waals surface area contributed by atoms with Crippen LogP contribution in [0.2, 0.25) is 0 Å². The van der Waals surface area contributed by atoms with E-state index in [4.69, 9.17) is 5.53 Å². The van der Waals surface area contributed by atoms with E-state index in [-0.39, 0.29) is 11.2 Å². The number of nitrogens with zero attached hydrogens (tertiary/aromatic N) is 2. The number of carbonyl (C=O) groups is 1. The molecule has 3 heteroatoms. The minimum Gasteiger partial charge on any atom is -0.362 e. The summed E-state index contributed by atoms with van der Waals surface area (Å²) >= 11 is 0. The highest BCUT2D eigenvalue weighted by atomic mass is 16.1. The Labute approximate surface area is 65.0 Å². The van der Waals surface area contributed by atoms with Crippen molar-refractivity contribution in [2.75, 3.05) is 0 Å². The topological polar surface area (TPSA) is 53.5 Å². The summed E-state index contributed by atoms with van der Waals surface area (Å²) in [5.41, 5.74) is 8.99. The van der Waals surface area contributed by atoms with Crippen molar-refractivity contribution in [1.29, 1.82) is 0 Å². The Morgan fingerprint density at radius 1 is 1.36 bits per heavy atom. The zero-order chi connectivity index (χ0) is 7.90. The summed E-state index contributed by atoms with van der Waals surface area (Å²) < 4.78 is 0. The average Bonchev–Trinajstić information content (AvgIpc) is 2.32. The van der Waals surface area contributed by atoms with Crippen molar-refractivity contribution in [1.82, 2.24) is 0 Å². The molecular formula is C8H10N2O. The van der Waals surface area contributed by atoms with Crippen molar-refractivity contribution >= 4 is 11.5 Å². The molecule has 58 valence electrons. The fourth-order valence-electron chi connectivity index (χ4n) is 2.18. The lowest BCUT2D eigenvalue weighted by molar-refractivity contribution is -0.127. The molecule has 2 rings (SSSR count). The van der Waals surface area contributed by atoms with Crippen LogP contribution in [-0.2, 0) is 4.79 Å². The van der Waals surface area contributed by atoms with Crippen molar-refractivity contribution in [2.24, 2.45) is 5.41 Å². The van der Waals surface area contributed by atoms with Crippen LogP contribution in [0.4, 0.5) is 0 Å². The minimum atomic E-state index is -0.297. The molecular weight excluding hydrogens is 140 g/mol. The van der Waals surface area contributed by atoms with Gasteiger partial charge in [-0.15, -0.1) is 0 Å². The molecule has 2 aliphatic rings. The molecule has 0 aromatic heterocycles. The van der Waals surface area contributed by atoms with Crippen LogP contribution in [0.25, 0.3) is 5.53 Å². The molecule has 3 nitrogen and oxygen atoms in total. The van der Waals surface area contributed by atoms with Gasteiger partial charge in [-0.25, -0.2) is 0 Å². The molecule has 2 fully saturated rings. The van der Waals surface area contributed by atoms with Crippen LogP contribution in [0.15, 0.2) is 0 Å². The Morgan fingerprint density at radius 3 is 2.55 bits per heavy atom. The third-order valence-electron chi connectivity index (χ3n) is 3.00. The van der Waals surface area contributed by atoms with Gasteiger partial charge in [0.15, 0.2) is 0 Å². The van der Waals surface area contributed by atoms with Gasteiger partial charge in [-0.2, -0.15) is 4.79 Å². The van der Waals surface area contributed by atoms with E-state index in [0.29, 0.717) is 6.42 Å². The average molecular weight is 150 g/mol. The lowest BCUT2D eigenvalue weighted by Gasteiger charge is -2.30. The number of carbonyl (C=O) groups excluding carboxylic acids is 1. The van der Waals surface area contributed by atoms with Crippen LogP contribution >= 0.6 is 0 Å². The van der Waals surface area contributed by atoms with E-state index in [1.165, 1.54) is 0 Å². The summed E-state index contributed by atoms with van der Waals surface area (Å²) in [5.74, 6) is 0.288. The van der Waals surface area contributed by atoms with Crippen molar-refractivity contribution in [3.8, 4) is 0 Å². The first kappa shape index (κ1) is 6.74. The standard InChI is InChI=1S/C8H10N2O/c9-10-6-3-5-8(6)4-1-2-7(8)11/h1-5H2. The molecule has 2 saturated carbocycles. The second-order valence-corrected chi connectivity index (χ2v) is 3.41.